The first-order valence-corrected chi connectivity index (χ1v) is 9.72. The zero-order chi connectivity index (χ0) is 21.7. The first-order valence-electron chi connectivity index (χ1n) is 9.72. The molecule has 0 saturated carbocycles. The van der Waals surface area contributed by atoms with Crippen LogP contribution >= 0.6 is 0 Å². The zero-order valence-electron chi connectivity index (χ0n) is 16.7. The number of ketones is 1. The predicted molar refractivity (Wildman–Crippen MR) is 110 cm³/mol. The van der Waals surface area contributed by atoms with E-state index in [1.807, 2.05) is 24.3 Å². The number of nitrogens with zero attached hydrogens (tertiary/aromatic N) is 3. The predicted octanol–water partition coefficient (Wildman–Crippen LogP) is 1.03. The lowest BCUT2D eigenvalue weighted by Crippen LogP contribution is -2.57. The van der Waals surface area contributed by atoms with E-state index in [9.17, 15) is 19.1 Å². The van der Waals surface area contributed by atoms with Gasteiger partial charge in [-0.3, -0.25) is 9.78 Å². The summed E-state index contributed by atoms with van der Waals surface area (Å²) in [7, 11) is 0. The van der Waals surface area contributed by atoms with Gasteiger partial charge in [-0.15, -0.1) is 0 Å². The molecule has 0 aliphatic carbocycles. The third-order valence-electron chi connectivity index (χ3n) is 5.10. The summed E-state index contributed by atoms with van der Waals surface area (Å²) in [6.45, 7) is 2.73. The van der Waals surface area contributed by atoms with Gasteiger partial charge in [0.05, 0.1) is 12.3 Å². The molecule has 2 amide bonds. The molecule has 1 aliphatic rings. The quantitative estimate of drug-likeness (QED) is 0.650. The molecule has 0 unspecified atom stereocenters. The van der Waals surface area contributed by atoms with E-state index in [0.717, 1.165) is 17.4 Å². The first-order chi connectivity index (χ1) is 14.4. The van der Waals surface area contributed by atoms with Crippen LogP contribution in [0.1, 0.15) is 6.92 Å². The number of nitrogens with one attached hydrogen (secondary N) is 1. The summed E-state index contributed by atoms with van der Waals surface area (Å²) in [5.74, 6) is -1.02. The van der Waals surface area contributed by atoms with Crippen LogP contribution in [0.5, 0.6) is 0 Å². The number of amides is 2. The highest BCUT2D eigenvalue weighted by atomic mass is 19.1. The summed E-state index contributed by atoms with van der Waals surface area (Å²) >= 11 is 0. The van der Waals surface area contributed by atoms with Crippen molar-refractivity contribution in [1.29, 1.82) is 0 Å². The van der Waals surface area contributed by atoms with Crippen LogP contribution in [0, 0.1) is 5.82 Å². The minimum absolute atomic E-state index is 0.385. The number of hydrogen-bond donors (Lipinski definition) is 3. The van der Waals surface area contributed by atoms with E-state index in [0.29, 0.717) is 31.7 Å². The molecule has 9 heteroatoms. The number of aromatic nitrogens is 1. The number of benzene rings is 1. The smallest absolute Gasteiger partial charge is 0.318 e. The maximum absolute atomic E-state index is 13.4. The van der Waals surface area contributed by atoms with Crippen molar-refractivity contribution in [1.82, 2.24) is 15.2 Å². The monoisotopic (exact) mass is 416 g/mol. The van der Waals surface area contributed by atoms with Crippen LogP contribution in [-0.2, 0) is 4.79 Å². The van der Waals surface area contributed by atoms with Gasteiger partial charge in [-0.2, -0.15) is 0 Å². The second kappa shape index (κ2) is 9.64. The number of aliphatic hydroxyl groups excluding tert-OH is 2. The number of urea groups is 1. The lowest BCUT2D eigenvalue weighted by atomic mass is 10.1. The summed E-state index contributed by atoms with van der Waals surface area (Å²) in [4.78, 5) is 31.7. The van der Waals surface area contributed by atoms with Crippen LogP contribution in [0.4, 0.5) is 14.9 Å². The molecule has 0 radical (unpaired) electrons. The Morgan fingerprint density at radius 2 is 1.80 bits per heavy atom. The summed E-state index contributed by atoms with van der Waals surface area (Å²) in [5.41, 5.74) is 2.55. The molecule has 0 bridgehead atoms. The van der Waals surface area contributed by atoms with Crippen LogP contribution in [0.15, 0.2) is 42.7 Å². The lowest BCUT2D eigenvalue weighted by molar-refractivity contribution is -0.125. The number of carbonyl (C=O) groups is 2. The second-order valence-electron chi connectivity index (χ2n) is 7.20. The summed E-state index contributed by atoms with van der Waals surface area (Å²) in [6.07, 6.45) is 1.68. The molecule has 3 rings (SSSR count). The number of anilines is 1. The maximum Gasteiger partial charge on any atom is 0.318 e. The van der Waals surface area contributed by atoms with Gasteiger partial charge >= 0.3 is 6.03 Å². The first kappa shape index (κ1) is 21.7. The molecule has 8 nitrogen and oxygen atoms in total. The molecule has 2 atom stereocenters. The van der Waals surface area contributed by atoms with E-state index in [1.165, 1.54) is 13.0 Å². The Hall–Kier alpha value is -3.04. The average Bonchev–Trinajstić information content (AvgIpc) is 2.77. The van der Waals surface area contributed by atoms with Crippen molar-refractivity contribution < 1.29 is 24.2 Å². The molecule has 160 valence electrons. The van der Waals surface area contributed by atoms with Crippen LogP contribution in [0.25, 0.3) is 11.1 Å². The highest BCUT2D eigenvalue weighted by Crippen LogP contribution is 2.24. The summed E-state index contributed by atoms with van der Waals surface area (Å²) in [5, 5.41) is 21.2. The molecule has 2 aromatic rings. The Bertz CT molecular complexity index is 883. The Balaban J connectivity index is 1.57. The zero-order valence-corrected chi connectivity index (χ0v) is 16.7. The summed E-state index contributed by atoms with van der Waals surface area (Å²) in [6, 6.07) is 7.54. The van der Waals surface area contributed by atoms with Crippen LogP contribution in [-0.4, -0.2) is 76.8 Å². The van der Waals surface area contributed by atoms with Gasteiger partial charge in [0.25, 0.3) is 0 Å². The minimum Gasteiger partial charge on any atom is -0.391 e. The van der Waals surface area contributed by atoms with Crippen molar-refractivity contribution in [3.05, 3.63) is 48.5 Å². The molecule has 1 aliphatic heterocycles. The fraction of sp³-hybridized carbons (Fsp3) is 0.381. The van der Waals surface area contributed by atoms with Crippen molar-refractivity contribution in [2.75, 3.05) is 37.7 Å². The van der Waals surface area contributed by atoms with Gasteiger partial charge in [-0.25, -0.2) is 9.18 Å². The second-order valence-corrected chi connectivity index (χ2v) is 7.20. The lowest BCUT2D eigenvalue weighted by Gasteiger charge is -2.37. The molecular formula is C21H25FN4O4. The minimum atomic E-state index is -1.13. The fourth-order valence-electron chi connectivity index (χ4n) is 3.39. The van der Waals surface area contributed by atoms with E-state index in [1.54, 1.807) is 11.1 Å². The molecule has 2 heterocycles. The number of halogens is 1. The van der Waals surface area contributed by atoms with Gasteiger partial charge in [0.15, 0.2) is 5.78 Å². The van der Waals surface area contributed by atoms with Gasteiger partial charge in [0.1, 0.15) is 18.5 Å². The molecule has 30 heavy (non-hydrogen) atoms. The van der Waals surface area contributed by atoms with Crippen LogP contribution < -0.4 is 10.2 Å². The number of carbonyl (C=O) groups excluding carboxylic acids is 2. The van der Waals surface area contributed by atoms with Gasteiger partial charge in [0, 0.05) is 43.6 Å². The molecular weight excluding hydrogens is 391 g/mol. The van der Waals surface area contributed by atoms with Crippen molar-refractivity contribution in [2.45, 2.75) is 19.1 Å². The molecule has 1 saturated heterocycles. The van der Waals surface area contributed by atoms with Gasteiger partial charge < -0.3 is 25.3 Å². The van der Waals surface area contributed by atoms with E-state index in [2.05, 4.69) is 15.2 Å². The Morgan fingerprint density at radius 3 is 2.37 bits per heavy atom. The third-order valence-corrected chi connectivity index (χ3v) is 5.10. The Kier molecular flexibility index (Phi) is 6.96. The molecule has 1 aromatic carbocycles. The third kappa shape index (κ3) is 5.11. The SMILES string of the molecule is C[C@H](O)[C@@H](NC(=O)N1CCN(c2ccc(-c3cncc(F)c3)cc2)CC1)C(=O)CO. The normalized spacial score (nSPS) is 16.1. The highest BCUT2D eigenvalue weighted by molar-refractivity contribution is 5.89. The molecule has 0 spiro atoms. The summed E-state index contributed by atoms with van der Waals surface area (Å²) < 4.78 is 13.4. The molecule has 1 aromatic heterocycles. The van der Waals surface area contributed by atoms with E-state index in [4.69, 9.17) is 5.11 Å². The highest BCUT2D eigenvalue weighted by Gasteiger charge is 2.28. The Labute approximate surface area is 173 Å². The van der Waals surface area contributed by atoms with E-state index in [-0.39, 0.29) is 5.82 Å². The largest absolute Gasteiger partial charge is 0.391 e. The number of aliphatic hydroxyl groups is 2. The maximum atomic E-state index is 13.4. The van der Waals surface area contributed by atoms with Crippen LogP contribution in [0.3, 0.4) is 0 Å². The van der Waals surface area contributed by atoms with Crippen molar-refractivity contribution >= 4 is 17.5 Å². The van der Waals surface area contributed by atoms with Crippen molar-refractivity contribution in [2.24, 2.45) is 0 Å². The number of pyridine rings is 1. The fourth-order valence-corrected chi connectivity index (χ4v) is 3.39. The van der Waals surface area contributed by atoms with Gasteiger partial charge in [0.2, 0.25) is 0 Å². The number of piperazine rings is 1. The van der Waals surface area contributed by atoms with E-state index < -0.39 is 30.6 Å². The number of rotatable bonds is 6. The van der Waals surface area contributed by atoms with Gasteiger partial charge in [-0.05, 0) is 30.7 Å². The van der Waals surface area contributed by atoms with Crippen molar-refractivity contribution in [3.8, 4) is 11.1 Å². The number of Topliss-reactive ketones (excluding diaryl/α,β-unsaturated/α-hetero) is 1. The number of hydrogen-bond acceptors (Lipinski definition) is 6. The van der Waals surface area contributed by atoms with Crippen molar-refractivity contribution in [3.63, 3.8) is 0 Å². The van der Waals surface area contributed by atoms with Crippen LogP contribution in [0.2, 0.25) is 0 Å². The molecule has 1 fully saturated rings. The standard InChI is InChI=1S/C21H25FN4O4/c1-14(28)20(19(29)13-27)24-21(30)26-8-6-25(7-9-26)18-4-2-15(3-5-18)16-10-17(22)12-23-11-16/h2-5,10-12,14,20,27-28H,6-9,13H2,1H3,(H,24,30)/t14-,20+/m0/s1. The molecule has 3 N–H and O–H groups in total. The van der Waals surface area contributed by atoms with Gasteiger partial charge in [-0.1, -0.05) is 12.1 Å². The topological polar surface area (TPSA) is 106 Å². The Morgan fingerprint density at radius 1 is 1.13 bits per heavy atom. The van der Waals surface area contributed by atoms with E-state index >= 15 is 0 Å². The average molecular weight is 416 g/mol.